The van der Waals surface area contributed by atoms with Crippen molar-refractivity contribution in [2.24, 2.45) is 11.1 Å². The van der Waals surface area contributed by atoms with Crippen molar-refractivity contribution in [3.05, 3.63) is 34.1 Å². The van der Waals surface area contributed by atoms with Gasteiger partial charge in [0.25, 0.3) is 0 Å². The molecule has 1 fully saturated rings. The zero-order chi connectivity index (χ0) is 14.1. The summed E-state index contributed by atoms with van der Waals surface area (Å²) in [4.78, 5) is 0. The summed E-state index contributed by atoms with van der Waals surface area (Å²) in [5.74, 6) is -0.205. The Balaban J connectivity index is 2.12. The first-order chi connectivity index (χ1) is 8.80. The van der Waals surface area contributed by atoms with Crippen LogP contribution in [0.25, 0.3) is 0 Å². The molecule has 0 heterocycles. The standard InChI is InChI=1S/C16H23BrFN/c1-15(2)6-3-7-16(19,9-8-15)11-12-4-5-13(18)10-14(12)17/h4-5,10H,3,6-9,11,19H2,1-2H3. The van der Waals surface area contributed by atoms with Crippen LogP contribution in [0, 0.1) is 11.2 Å². The summed E-state index contributed by atoms with van der Waals surface area (Å²) in [6.07, 6.45) is 6.52. The summed E-state index contributed by atoms with van der Waals surface area (Å²) in [5.41, 5.74) is 7.98. The second-order valence-electron chi connectivity index (χ2n) is 6.79. The number of hydrogen-bond donors (Lipinski definition) is 1. The predicted octanol–water partition coefficient (Wildman–Crippen LogP) is 4.82. The Morgan fingerprint density at radius 3 is 2.63 bits per heavy atom. The molecule has 0 bridgehead atoms. The molecule has 0 radical (unpaired) electrons. The number of nitrogens with two attached hydrogens (primary N) is 1. The molecule has 1 saturated carbocycles. The van der Waals surface area contributed by atoms with E-state index in [1.54, 1.807) is 0 Å². The van der Waals surface area contributed by atoms with Crippen LogP contribution in [0.2, 0.25) is 0 Å². The largest absolute Gasteiger partial charge is 0.325 e. The molecule has 106 valence electrons. The summed E-state index contributed by atoms with van der Waals surface area (Å²) >= 11 is 3.44. The molecule has 0 aliphatic heterocycles. The van der Waals surface area contributed by atoms with Crippen LogP contribution >= 0.6 is 15.9 Å². The van der Waals surface area contributed by atoms with Crippen molar-refractivity contribution >= 4 is 15.9 Å². The van der Waals surface area contributed by atoms with Crippen LogP contribution in [0.15, 0.2) is 22.7 Å². The first-order valence-electron chi connectivity index (χ1n) is 7.03. The van der Waals surface area contributed by atoms with Gasteiger partial charge in [-0.25, -0.2) is 4.39 Å². The third-order valence-corrected chi connectivity index (χ3v) is 5.12. The van der Waals surface area contributed by atoms with Crippen molar-refractivity contribution in [3.8, 4) is 0 Å². The Morgan fingerprint density at radius 1 is 1.21 bits per heavy atom. The summed E-state index contributed by atoms with van der Waals surface area (Å²) in [6, 6.07) is 4.90. The third kappa shape index (κ3) is 4.03. The minimum atomic E-state index is -0.205. The van der Waals surface area contributed by atoms with Gasteiger partial charge in [-0.3, -0.25) is 0 Å². The van der Waals surface area contributed by atoms with Crippen molar-refractivity contribution in [2.45, 2.75) is 57.9 Å². The van der Waals surface area contributed by atoms with Gasteiger partial charge in [-0.15, -0.1) is 0 Å². The molecule has 1 aliphatic carbocycles. The average molecular weight is 328 g/mol. The quantitative estimate of drug-likeness (QED) is 0.774. The van der Waals surface area contributed by atoms with Crippen LogP contribution in [0.4, 0.5) is 4.39 Å². The maximum atomic E-state index is 13.1. The monoisotopic (exact) mass is 327 g/mol. The fraction of sp³-hybridized carbons (Fsp3) is 0.625. The molecule has 1 aromatic carbocycles. The van der Waals surface area contributed by atoms with E-state index in [1.807, 2.05) is 6.07 Å². The van der Waals surface area contributed by atoms with E-state index in [4.69, 9.17) is 5.73 Å². The van der Waals surface area contributed by atoms with Gasteiger partial charge in [0, 0.05) is 10.0 Å². The molecule has 0 amide bonds. The van der Waals surface area contributed by atoms with Gasteiger partial charge in [0.2, 0.25) is 0 Å². The minimum Gasteiger partial charge on any atom is -0.325 e. The highest BCUT2D eigenvalue weighted by atomic mass is 79.9. The topological polar surface area (TPSA) is 26.0 Å². The second kappa shape index (κ2) is 5.53. The summed E-state index contributed by atoms with van der Waals surface area (Å²) in [6.45, 7) is 4.65. The molecule has 0 spiro atoms. The van der Waals surface area contributed by atoms with Gasteiger partial charge in [-0.1, -0.05) is 42.3 Å². The molecule has 1 unspecified atom stereocenters. The molecule has 1 nitrogen and oxygen atoms in total. The zero-order valence-corrected chi connectivity index (χ0v) is 13.4. The van der Waals surface area contributed by atoms with Crippen molar-refractivity contribution in [1.82, 2.24) is 0 Å². The van der Waals surface area contributed by atoms with E-state index in [-0.39, 0.29) is 11.4 Å². The van der Waals surface area contributed by atoms with Crippen molar-refractivity contribution in [2.75, 3.05) is 0 Å². The summed E-state index contributed by atoms with van der Waals surface area (Å²) in [7, 11) is 0. The van der Waals surface area contributed by atoms with Gasteiger partial charge in [0.05, 0.1) is 0 Å². The first-order valence-corrected chi connectivity index (χ1v) is 7.82. The van der Waals surface area contributed by atoms with Crippen LogP contribution in [-0.4, -0.2) is 5.54 Å². The van der Waals surface area contributed by atoms with Gasteiger partial charge >= 0.3 is 0 Å². The number of halogens is 2. The number of benzene rings is 1. The SMILES string of the molecule is CC1(C)CCCC(N)(Cc2ccc(F)cc2Br)CC1. The van der Waals surface area contributed by atoms with Crippen LogP contribution in [0.5, 0.6) is 0 Å². The molecular formula is C16H23BrFN. The van der Waals surface area contributed by atoms with Crippen LogP contribution in [0.1, 0.15) is 51.5 Å². The predicted molar refractivity (Wildman–Crippen MR) is 81.6 cm³/mol. The Kier molecular flexibility index (Phi) is 4.36. The maximum Gasteiger partial charge on any atom is 0.124 e. The fourth-order valence-corrected chi connectivity index (χ4v) is 3.47. The zero-order valence-electron chi connectivity index (χ0n) is 11.8. The lowest BCUT2D eigenvalue weighted by Gasteiger charge is -2.29. The number of hydrogen-bond acceptors (Lipinski definition) is 1. The highest BCUT2D eigenvalue weighted by Crippen LogP contribution is 2.39. The normalized spacial score (nSPS) is 27.0. The van der Waals surface area contributed by atoms with Gasteiger partial charge in [0.1, 0.15) is 5.82 Å². The van der Waals surface area contributed by atoms with Crippen LogP contribution in [-0.2, 0) is 6.42 Å². The van der Waals surface area contributed by atoms with E-state index >= 15 is 0 Å². The molecule has 2 rings (SSSR count). The van der Waals surface area contributed by atoms with Gasteiger partial charge < -0.3 is 5.73 Å². The first kappa shape index (κ1) is 15.0. The second-order valence-corrected chi connectivity index (χ2v) is 7.65. The lowest BCUT2D eigenvalue weighted by atomic mass is 9.81. The molecule has 3 heteroatoms. The van der Waals surface area contributed by atoms with E-state index in [0.717, 1.165) is 29.3 Å². The smallest absolute Gasteiger partial charge is 0.124 e. The average Bonchev–Trinajstić information content (AvgIpc) is 2.43. The molecule has 0 saturated heterocycles. The van der Waals surface area contributed by atoms with E-state index < -0.39 is 0 Å². The molecule has 1 atom stereocenters. The maximum absolute atomic E-state index is 13.1. The lowest BCUT2D eigenvalue weighted by molar-refractivity contribution is 0.297. The summed E-state index contributed by atoms with van der Waals surface area (Å²) < 4.78 is 14.0. The molecule has 0 aromatic heterocycles. The highest BCUT2D eigenvalue weighted by Gasteiger charge is 2.32. The fourth-order valence-electron chi connectivity index (χ4n) is 2.98. The Morgan fingerprint density at radius 2 is 1.95 bits per heavy atom. The highest BCUT2D eigenvalue weighted by molar-refractivity contribution is 9.10. The van der Waals surface area contributed by atoms with E-state index in [0.29, 0.717) is 5.41 Å². The minimum absolute atomic E-state index is 0.145. The van der Waals surface area contributed by atoms with Gasteiger partial charge in [0.15, 0.2) is 0 Å². The Bertz CT molecular complexity index is 458. The van der Waals surface area contributed by atoms with Crippen LogP contribution < -0.4 is 5.73 Å². The van der Waals surface area contributed by atoms with E-state index in [1.165, 1.54) is 31.4 Å². The Labute approximate surface area is 123 Å². The van der Waals surface area contributed by atoms with Crippen molar-refractivity contribution in [1.29, 1.82) is 0 Å². The van der Waals surface area contributed by atoms with Crippen LogP contribution in [0.3, 0.4) is 0 Å². The van der Waals surface area contributed by atoms with Gasteiger partial charge in [-0.2, -0.15) is 0 Å². The molecule has 1 aliphatic rings. The van der Waals surface area contributed by atoms with E-state index in [2.05, 4.69) is 29.8 Å². The van der Waals surface area contributed by atoms with Gasteiger partial charge in [-0.05, 0) is 55.2 Å². The molecular weight excluding hydrogens is 305 g/mol. The van der Waals surface area contributed by atoms with E-state index in [9.17, 15) is 4.39 Å². The summed E-state index contributed by atoms with van der Waals surface area (Å²) in [5, 5.41) is 0. The number of rotatable bonds is 2. The van der Waals surface area contributed by atoms with Crippen molar-refractivity contribution < 1.29 is 4.39 Å². The van der Waals surface area contributed by atoms with Crippen molar-refractivity contribution in [3.63, 3.8) is 0 Å². The molecule has 1 aromatic rings. The molecule has 19 heavy (non-hydrogen) atoms. The molecule has 2 N–H and O–H groups in total. The Hall–Kier alpha value is -0.410. The lowest BCUT2D eigenvalue weighted by Crippen LogP contribution is -2.41. The third-order valence-electron chi connectivity index (χ3n) is 4.39.